The maximum absolute atomic E-state index is 12.3. The molecule has 1 atom stereocenters. The molecular formula is C16H18N4O4. The first kappa shape index (κ1) is 14.9. The molecule has 2 aliphatic rings. The van der Waals surface area contributed by atoms with Crippen molar-refractivity contribution >= 4 is 6.03 Å². The van der Waals surface area contributed by atoms with E-state index < -0.39 is 0 Å². The van der Waals surface area contributed by atoms with Crippen LogP contribution in [-0.4, -0.2) is 54.0 Å². The van der Waals surface area contributed by atoms with Crippen LogP contribution in [-0.2, 0) is 4.74 Å². The van der Waals surface area contributed by atoms with Crippen LogP contribution >= 0.6 is 0 Å². The van der Waals surface area contributed by atoms with Crippen LogP contribution in [0.2, 0.25) is 0 Å². The molecule has 0 unspecified atom stereocenters. The van der Waals surface area contributed by atoms with Gasteiger partial charge in [-0.1, -0.05) is 17.3 Å². The minimum atomic E-state index is -0.169. The molecule has 24 heavy (non-hydrogen) atoms. The zero-order chi connectivity index (χ0) is 16.7. The molecule has 4 rings (SSSR count). The van der Waals surface area contributed by atoms with Crippen LogP contribution in [0.25, 0.3) is 11.4 Å². The third-order valence-electron chi connectivity index (χ3n) is 4.37. The summed E-state index contributed by atoms with van der Waals surface area (Å²) < 4.78 is 15.8. The number of urea groups is 1. The summed E-state index contributed by atoms with van der Waals surface area (Å²) in [6.45, 7) is 3.34. The van der Waals surface area contributed by atoms with Crippen molar-refractivity contribution < 1.29 is 18.8 Å². The molecule has 1 aromatic carbocycles. The van der Waals surface area contributed by atoms with E-state index in [1.54, 1.807) is 18.9 Å². The van der Waals surface area contributed by atoms with E-state index in [9.17, 15) is 4.79 Å². The van der Waals surface area contributed by atoms with E-state index in [0.717, 1.165) is 16.9 Å². The molecule has 1 N–H and O–H groups in total. The Morgan fingerprint density at radius 2 is 2.17 bits per heavy atom. The van der Waals surface area contributed by atoms with Gasteiger partial charge in [0.25, 0.3) is 0 Å². The lowest BCUT2D eigenvalue weighted by Crippen LogP contribution is -2.53. The summed E-state index contributed by atoms with van der Waals surface area (Å²) in [5, 5.41) is 6.91. The fourth-order valence-corrected chi connectivity index (χ4v) is 2.75. The van der Waals surface area contributed by atoms with E-state index in [1.165, 1.54) is 0 Å². The molecule has 2 aliphatic heterocycles. The molecule has 0 radical (unpaired) electrons. The number of aryl methyl sites for hydroxylation is 1. The Balaban J connectivity index is 1.49. The van der Waals surface area contributed by atoms with Gasteiger partial charge in [-0.2, -0.15) is 4.98 Å². The van der Waals surface area contributed by atoms with Gasteiger partial charge in [0.1, 0.15) is 12.4 Å². The molecule has 2 aromatic rings. The Bertz CT molecular complexity index is 771. The average molecular weight is 330 g/mol. The van der Waals surface area contributed by atoms with E-state index in [0.29, 0.717) is 31.5 Å². The summed E-state index contributed by atoms with van der Waals surface area (Å²) in [5.41, 5.74) is 1.77. The van der Waals surface area contributed by atoms with Gasteiger partial charge in [-0.25, -0.2) is 4.79 Å². The van der Waals surface area contributed by atoms with Crippen molar-refractivity contribution in [2.24, 2.45) is 0 Å². The van der Waals surface area contributed by atoms with Gasteiger partial charge in [0.05, 0.1) is 25.3 Å². The highest BCUT2D eigenvalue weighted by atomic mass is 16.5. The Morgan fingerprint density at radius 1 is 1.33 bits per heavy atom. The smallest absolute Gasteiger partial charge is 0.318 e. The number of carbonyl (C=O) groups excluding carboxylic acids is 1. The molecule has 0 bridgehead atoms. The molecule has 8 nitrogen and oxygen atoms in total. The third-order valence-corrected chi connectivity index (χ3v) is 4.37. The molecule has 1 fully saturated rings. The summed E-state index contributed by atoms with van der Waals surface area (Å²) in [7, 11) is 1.78. The molecule has 1 aromatic heterocycles. The first-order valence-electron chi connectivity index (χ1n) is 7.80. The van der Waals surface area contributed by atoms with Gasteiger partial charge in [-0.15, -0.1) is 0 Å². The second kappa shape index (κ2) is 5.79. The van der Waals surface area contributed by atoms with Gasteiger partial charge in [0, 0.05) is 25.1 Å². The zero-order valence-corrected chi connectivity index (χ0v) is 13.5. The Labute approximate surface area is 138 Å². The lowest BCUT2D eigenvalue weighted by molar-refractivity contribution is -0.0421. The summed E-state index contributed by atoms with van der Waals surface area (Å²) in [6, 6.07) is 5.56. The fourth-order valence-electron chi connectivity index (χ4n) is 2.75. The number of hydrogen-bond donors (Lipinski definition) is 1. The molecule has 0 saturated carbocycles. The second-order valence-electron chi connectivity index (χ2n) is 6.00. The summed E-state index contributed by atoms with van der Waals surface area (Å²) in [4.78, 5) is 18.2. The number of carbonyl (C=O) groups is 1. The molecule has 1 saturated heterocycles. The van der Waals surface area contributed by atoms with Crippen molar-refractivity contribution in [3.05, 3.63) is 29.7 Å². The molecule has 3 heterocycles. The maximum Gasteiger partial charge on any atom is 0.318 e. The van der Waals surface area contributed by atoms with Crippen molar-refractivity contribution in [3.63, 3.8) is 0 Å². The van der Waals surface area contributed by atoms with Gasteiger partial charge >= 0.3 is 6.03 Å². The second-order valence-corrected chi connectivity index (χ2v) is 6.00. The molecule has 0 aliphatic carbocycles. The number of rotatable bonds is 3. The van der Waals surface area contributed by atoms with Crippen LogP contribution in [0.15, 0.2) is 22.7 Å². The number of likely N-dealkylation sites (N-methyl/N-ethyl adjacent to an activating group) is 1. The van der Waals surface area contributed by atoms with Gasteiger partial charge in [-0.3, -0.25) is 0 Å². The van der Waals surface area contributed by atoms with Crippen molar-refractivity contribution in [2.75, 3.05) is 26.9 Å². The number of amides is 2. The molecule has 8 heteroatoms. The number of nitrogens with zero attached hydrogens (tertiary/aromatic N) is 3. The van der Waals surface area contributed by atoms with E-state index >= 15 is 0 Å². The predicted molar refractivity (Wildman–Crippen MR) is 83.6 cm³/mol. The van der Waals surface area contributed by atoms with Crippen LogP contribution in [0.4, 0.5) is 4.79 Å². The van der Waals surface area contributed by atoms with Crippen molar-refractivity contribution in [1.29, 1.82) is 0 Å². The Kier molecular flexibility index (Phi) is 3.61. The third kappa shape index (κ3) is 2.58. The van der Waals surface area contributed by atoms with Crippen molar-refractivity contribution in [3.8, 4) is 17.1 Å². The number of nitrogens with one attached hydrogen (secondary N) is 1. The number of aromatic nitrogens is 2. The molecular weight excluding hydrogens is 312 g/mol. The van der Waals surface area contributed by atoms with Crippen LogP contribution in [0.3, 0.4) is 0 Å². The van der Waals surface area contributed by atoms with Gasteiger partial charge in [0.15, 0.2) is 0 Å². The van der Waals surface area contributed by atoms with Crippen LogP contribution in [0.1, 0.15) is 17.5 Å². The lowest BCUT2D eigenvalue weighted by Gasteiger charge is -2.35. The van der Waals surface area contributed by atoms with Crippen LogP contribution in [0.5, 0.6) is 5.75 Å². The quantitative estimate of drug-likeness (QED) is 0.918. The van der Waals surface area contributed by atoms with E-state index in [4.69, 9.17) is 14.0 Å². The highest BCUT2D eigenvalue weighted by molar-refractivity contribution is 5.75. The Morgan fingerprint density at radius 3 is 2.83 bits per heavy atom. The number of ether oxygens (including phenoxy) is 2. The summed E-state index contributed by atoms with van der Waals surface area (Å²) in [5.74, 6) is 1.77. The summed E-state index contributed by atoms with van der Waals surface area (Å²) >= 11 is 0. The van der Waals surface area contributed by atoms with Crippen LogP contribution < -0.4 is 10.1 Å². The normalized spacial score (nSPS) is 19.3. The van der Waals surface area contributed by atoms with Gasteiger partial charge in [0.2, 0.25) is 11.7 Å². The standard InChI is InChI=1S/C16H18N4O4/c1-9-17-15(19-24-9)10-3-4-12-13(8-23-14(12)5-10)18-16(21)20(2)11-6-22-7-11/h3-5,11,13H,6-8H2,1-2H3,(H,18,21)/t13-/m1/s1. The van der Waals surface area contributed by atoms with Gasteiger partial charge in [-0.05, 0) is 6.07 Å². The molecule has 126 valence electrons. The highest BCUT2D eigenvalue weighted by Crippen LogP contribution is 2.35. The van der Waals surface area contributed by atoms with Gasteiger partial charge < -0.3 is 24.2 Å². The van der Waals surface area contributed by atoms with Crippen molar-refractivity contribution in [1.82, 2.24) is 20.4 Å². The highest BCUT2D eigenvalue weighted by Gasteiger charge is 2.31. The molecule has 2 amide bonds. The minimum absolute atomic E-state index is 0.123. The number of fused-ring (bicyclic) bond motifs is 1. The number of hydrogen-bond acceptors (Lipinski definition) is 6. The largest absolute Gasteiger partial charge is 0.491 e. The topological polar surface area (TPSA) is 89.7 Å². The zero-order valence-electron chi connectivity index (χ0n) is 13.5. The number of benzene rings is 1. The van der Waals surface area contributed by atoms with E-state index in [-0.39, 0.29) is 18.1 Å². The average Bonchev–Trinajstić information content (AvgIpc) is 3.12. The minimum Gasteiger partial charge on any atom is -0.491 e. The van der Waals surface area contributed by atoms with Crippen molar-refractivity contribution in [2.45, 2.75) is 19.0 Å². The summed E-state index contributed by atoms with van der Waals surface area (Å²) in [6.07, 6.45) is 0. The molecule has 0 spiro atoms. The lowest BCUT2D eigenvalue weighted by atomic mass is 10.1. The maximum atomic E-state index is 12.3. The van der Waals surface area contributed by atoms with E-state index in [1.807, 2.05) is 18.2 Å². The van der Waals surface area contributed by atoms with E-state index in [2.05, 4.69) is 15.5 Å². The first-order chi connectivity index (χ1) is 11.6. The first-order valence-corrected chi connectivity index (χ1v) is 7.80. The SMILES string of the molecule is Cc1nc(-c2ccc3c(c2)OC[C@H]3NC(=O)N(C)C2COC2)no1. The predicted octanol–water partition coefficient (Wildman–Crippen LogP) is 1.52. The Hall–Kier alpha value is -2.61. The van der Waals surface area contributed by atoms with Crippen LogP contribution in [0, 0.1) is 6.92 Å². The fraction of sp³-hybridized carbons (Fsp3) is 0.438. The monoisotopic (exact) mass is 330 g/mol.